The van der Waals surface area contributed by atoms with Crippen LogP contribution in [0, 0.1) is 6.92 Å². The highest BCUT2D eigenvalue weighted by Gasteiger charge is 2.09. The van der Waals surface area contributed by atoms with Gasteiger partial charge in [0, 0.05) is 6.08 Å². The molecule has 0 fully saturated rings. The lowest BCUT2D eigenvalue weighted by atomic mass is 10.1. The smallest absolute Gasteiger partial charge is 0.250 e. The Labute approximate surface area is 138 Å². The number of anilines is 1. The molecule has 0 spiro atoms. The number of ether oxygens (including phenoxy) is 1. The second-order valence-corrected chi connectivity index (χ2v) is 6.09. The Morgan fingerprint density at radius 2 is 2.00 bits per heavy atom. The number of amides is 1. The molecule has 4 nitrogen and oxygen atoms in total. The lowest BCUT2D eigenvalue weighted by Crippen LogP contribution is -2.07. The van der Waals surface area contributed by atoms with Gasteiger partial charge in [-0.3, -0.25) is 10.1 Å². The molecule has 0 atom stereocenters. The van der Waals surface area contributed by atoms with E-state index in [0.29, 0.717) is 10.9 Å². The molecule has 0 aliphatic heterocycles. The predicted octanol–water partition coefficient (Wildman–Crippen LogP) is 4.27. The van der Waals surface area contributed by atoms with Crippen LogP contribution in [-0.4, -0.2) is 18.0 Å². The van der Waals surface area contributed by atoms with Crippen LogP contribution >= 0.6 is 11.3 Å². The average Bonchev–Trinajstić information content (AvgIpc) is 2.96. The largest absolute Gasteiger partial charge is 0.494 e. The van der Waals surface area contributed by atoms with Crippen LogP contribution in [0.3, 0.4) is 0 Å². The van der Waals surface area contributed by atoms with E-state index in [0.717, 1.165) is 15.8 Å². The van der Waals surface area contributed by atoms with Crippen molar-refractivity contribution in [2.45, 2.75) is 6.92 Å². The van der Waals surface area contributed by atoms with Gasteiger partial charge in [-0.05, 0) is 30.7 Å². The van der Waals surface area contributed by atoms with Crippen LogP contribution in [0.5, 0.6) is 5.75 Å². The molecule has 3 rings (SSSR count). The van der Waals surface area contributed by atoms with Gasteiger partial charge in [0.2, 0.25) is 5.91 Å². The van der Waals surface area contributed by atoms with E-state index in [-0.39, 0.29) is 5.91 Å². The number of thiazole rings is 1. The zero-order valence-corrected chi connectivity index (χ0v) is 13.7. The van der Waals surface area contributed by atoms with Crippen molar-refractivity contribution in [2.24, 2.45) is 0 Å². The molecule has 1 N–H and O–H groups in total. The van der Waals surface area contributed by atoms with Gasteiger partial charge in [-0.15, -0.1) is 0 Å². The Morgan fingerprint density at radius 3 is 2.74 bits per heavy atom. The van der Waals surface area contributed by atoms with Gasteiger partial charge >= 0.3 is 0 Å². The maximum Gasteiger partial charge on any atom is 0.250 e. The summed E-state index contributed by atoms with van der Waals surface area (Å²) in [5.41, 5.74) is 2.93. The van der Waals surface area contributed by atoms with Crippen LogP contribution in [0.2, 0.25) is 0 Å². The second-order valence-electron chi connectivity index (χ2n) is 5.06. The fourth-order valence-electron chi connectivity index (χ4n) is 2.14. The molecule has 116 valence electrons. The first-order valence-electron chi connectivity index (χ1n) is 7.15. The van der Waals surface area contributed by atoms with Crippen LogP contribution in [-0.2, 0) is 4.79 Å². The van der Waals surface area contributed by atoms with Gasteiger partial charge in [0.15, 0.2) is 5.13 Å². The lowest BCUT2D eigenvalue weighted by molar-refractivity contribution is -0.111. The molecule has 1 heterocycles. The highest BCUT2D eigenvalue weighted by atomic mass is 32.1. The van der Waals surface area contributed by atoms with Crippen LogP contribution in [0.1, 0.15) is 11.1 Å². The van der Waals surface area contributed by atoms with Gasteiger partial charge in [-0.25, -0.2) is 4.98 Å². The van der Waals surface area contributed by atoms with Gasteiger partial charge in [0.05, 0.1) is 11.8 Å². The summed E-state index contributed by atoms with van der Waals surface area (Å²) in [4.78, 5) is 16.4. The highest BCUT2D eigenvalue weighted by molar-refractivity contribution is 7.22. The first-order valence-corrected chi connectivity index (χ1v) is 7.96. The van der Waals surface area contributed by atoms with E-state index >= 15 is 0 Å². The summed E-state index contributed by atoms with van der Waals surface area (Å²) < 4.78 is 6.25. The number of nitrogens with one attached hydrogen (secondary N) is 1. The fraction of sp³-hybridized carbons (Fsp3) is 0.111. The third-order valence-corrected chi connectivity index (χ3v) is 4.27. The molecule has 0 bridgehead atoms. The number of carbonyl (C=O) groups excluding carboxylic acids is 1. The Balaban J connectivity index is 1.74. The molecular formula is C18H16N2O2S. The second kappa shape index (κ2) is 6.62. The van der Waals surface area contributed by atoms with Gasteiger partial charge in [-0.1, -0.05) is 47.2 Å². The Bertz CT molecular complexity index is 866. The molecule has 0 aliphatic rings. The third kappa shape index (κ3) is 3.57. The molecular weight excluding hydrogens is 308 g/mol. The van der Waals surface area contributed by atoms with Crippen molar-refractivity contribution in [2.75, 3.05) is 12.4 Å². The SMILES string of the molecule is COc1cccc2sc(NC(=O)/C=C/c3ccc(C)cc3)nc12. The maximum atomic E-state index is 12.0. The predicted molar refractivity (Wildman–Crippen MR) is 95.0 cm³/mol. The van der Waals surface area contributed by atoms with Gasteiger partial charge < -0.3 is 4.74 Å². The van der Waals surface area contributed by atoms with Crippen molar-refractivity contribution in [3.8, 4) is 5.75 Å². The van der Waals surface area contributed by atoms with E-state index in [9.17, 15) is 4.79 Å². The maximum absolute atomic E-state index is 12.0. The Kier molecular flexibility index (Phi) is 4.39. The fourth-order valence-corrected chi connectivity index (χ4v) is 3.02. The van der Waals surface area contributed by atoms with Crippen molar-refractivity contribution < 1.29 is 9.53 Å². The third-order valence-electron chi connectivity index (χ3n) is 3.34. The van der Waals surface area contributed by atoms with E-state index in [1.807, 2.05) is 49.4 Å². The van der Waals surface area contributed by atoms with Crippen LogP contribution in [0.15, 0.2) is 48.5 Å². The number of para-hydroxylation sites is 1. The number of aromatic nitrogens is 1. The summed E-state index contributed by atoms with van der Waals surface area (Å²) in [5.74, 6) is 0.498. The number of methoxy groups -OCH3 is 1. The number of nitrogens with zero attached hydrogens (tertiary/aromatic N) is 1. The first-order chi connectivity index (χ1) is 11.2. The van der Waals surface area contributed by atoms with Crippen molar-refractivity contribution in [3.63, 3.8) is 0 Å². The number of benzene rings is 2. The Hall–Kier alpha value is -2.66. The Morgan fingerprint density at radius 1 is 1.22 bits per heavy atom. The van der Waals surface area contributed by atoms with Crippen LogP contribution in [0.4, 0.5) is 5.13 Å². The van der Waals surface area contributed by atoms with E-state index in [1.165, 1.54) is 23.0 Å². The number of fused-ring (bicyclic) bond motifs is 1. The molecule has 1 amide bonds. The van der Waals surface area contributed by atoms with Crippen LogP contribution < -0.4 is 10.1 Å². The van der Waals surface area contributed by atoms with Crippen molar-refractivity contribution in [3.05, 3.63) is 59.7 Å². The number of hydrogen-bond acceptors (Lipinski definition) is 4. The molecule has 1 aromatic heterocycles. The van der Waals surface area contributed by atoms with Crippen LogP contribution in [0.25, 0.3) is 16.3 Å². The van der Waals surface area contributed by atoms with Gasteiger partial charge in [0.1, 0.15) is 11.3 Å². The minimum absolute atomic E-state index is 0.205. The summed E-state index contributed by atoms with van der Waals surface area (Å²) in [7, 11) is 1.61. The minimum atomic E-state index is -0.205. The van der Waals surface area contributed by atoms with E-state index in [2.05, 4.69) is 10.3 Å². The zero-order valence-electron chi connectivity index (χ0n) is 12.9. The molecule has 0 saturated carbocycles. The molecule has 3 aromatic rings. The normalized spacial score (nSPS) is 11.0. The van der Waals surface area contributed by atoms with Crippen molar-refractivity contribution >= 4 is 38.7 Å². The minimum Gasteiger partial charge on any atom is -0.494 e. The molecule has 2 aromatic carbocycles. The van der Waals surface area contributed by atoms with Gasteiger partial charge in [0.25, 0.3) is 0 Å². The number of hydrogen-bond donors (Lipinski definition) is 1. The van der Waals surface area contributed by atoms with E-state index < -0.39 is 0 Å². The van der Waals surface area contributed by atoms with Gasteiger partial charge in [-0.2, -0.15) is 0 Å². The number of carbonyl (C=O) groups is 1. The zero-order chi connectivity index (χ0) is 16.2. The average molecular weight is 324 g/mol. The topological polar surface area (TPSA) is 51.2 Å². The summed E-state index contributed by atoms with van der Waals surface area (Å²) in [6, 6.07) is 13.7. The van der Waals surface area contributed by atoms with Crippen molar-refractivity contribution in [1.82, 2.24) is 4.98 Å². The summed E-state index contributed by atoms with van der Waals surface area (Å²) in [6.45, 7) is 2.03. The molecule has 0 aliphatic carbocycles. The van der Waals surface area contributed by atoms with E-state index in [4.69, 9.17) is 4.74 Å². The standard InChI is InChI=1S/C18H16N2O2S/c1-12-6-8-13(9-7-12)10-11-16(21)19-18-20-17-14(22-2)4-3-5-15(17)23-18/h3-11H,1-2H3,(H,19,20,21)/b11-10+. The van der Waals surface area contributed by atoms with Crippen molar-refractivity contribution in [1.29, 1.82) is 0 Å². The molecule has 0 unspecified atom stereocenters. The first kappa shape index (κ1) is 15.2. The monoisotopic (exact) mass is 324 g/mol. The summed E-state index contributed by atoms with van der Waals surface area (Å²) in [6.07, 6.45) is 3.29. The quantitative estimate of drug-likeness (QED) is 0.729. The highest BCUT2D eigenvalue weighted by Crippen LogP contribution is 2.31. The summed E-state index contributed by atoms with van der Waals surface area (Å²) in [5, 5.41) is 3.35. The summed E-state index contributed by atoms with van der Waals surface area (Å²) >= 11 is 1.42. The number of rotatable bonds is 4. The lowest BCUT2D eigenvalue weighted by Gasteiger charge is -1.98. The number of aryl methyl sites for hydroxylation is 1. The molecule has 23 heavy (non-hydrogen) atoms. The molecule has 0 radical (unpaired) electrons. The van der Waals surface area contributed by atoms with E-state index in [1.54, 1.807) is 13.2 Å². The molecule has 5 heteroatoms. The molecule has 0 saturated heterocycles.